The fraction of sp³-hybridized carbons (Fsp3) is 0.750. The molecule has 1 aromatic heterocycles. The van der Waals surface area contributed by atoms with Gasteiger partial charge in [-0.05, 0) is 37.9 Å². The molecule has 0 amide bonds. The molecule has 1 N–H and O–H groups in total. The predicted molar refractivity (Wildman–Crippen MR) is 63.5 cm³/mol. The van der Waals surface area contributed by atoms with Crippen molar-refractivity contribution in [3.63, 3.8) is 0 Å². The maximum absolute atomic E-state index is 14.4. The van der Waals surface area contributed by atoms with Gasteiger partial charge in [-0.25, -0.2) is 4.39 Å². The van der Waals surface area contributed by atoms with Crippen LogP contribution >= 0.6 is 0 Å². The molecule has 1 atom stereocenters. The first-order valence-electron chi connectivity index (χ1n) is 6.18. The summed E-state index contributed by atoms with van der Waals surface area (Å²) >= 11 is 0. The quantitative estimate of drug-likeness (QED) is 0.850. The van der Waals surface area contributed by atoms with E-state index >= 15 is 0 Å². The molecule has 1 aromatic rings. The monoisotopic (exact) mass is 241 g/mol. The summed E-state index contributed by atoms with van der Waals surface area (Å²) in [4.78, 5) is 0. The van der Waals surface area contributed by atoms with Crippen LogP contribution in [0.15, 0.2) is 12.3 Å². The minimum atomic E-state index is -0.906. The topological polar surface area (TPSA) is 39.1 Å². The number of rotatable bonds is 5. The Kier molecular flexibility index (Phi) is 4.50. The van der Waals surface area contributed by atoms with Crippen molar-refractivity contribution in [1.29, 1.82) is 0 Å². The normalized spacial score (nSPS) is 19.4. The molecule has 1 aliphatic heterocycles. The Morgan fingerprint density at radius 1 is 1.59 bits per heavy atom. The van der Waals surface area contributed by atoms with Crippen LogP contribution in [0.1, 0.15) is 24.7 Å². The van der Waals surface area contributed by atoms with E-state index in [9.17, 15) is 4.39 Å². The summed E-state index contributed by atoms with van der Waals surface area (Å²) in [5.41, 5.74) is 0.689. The smallest absolute Gasteiger partial charge is 0.144 e. The Hall–Kier alpha value is -0.940. The van der Waals surface area contributed by atoms with Gasteiger partial charge in [0.25, 0.3) is 0 Å². The molecule has 0 spiro atoms. The average Bonchev–Trinajstić information content (AvgIpc) is 2.84. The van der Waals surface area contributed by atoms with Gasteiger partial charge in [-0.15, -0.1) is 0 Å². The number of nitrogens with zero attached hydrogens (tertiary/aromatic N) is 2. The van der Waals surface area contributed by atoms with Gasteiger partial charge in [0, 0.05) is 13.3 Å². The van der Waals surface area contributed by atoms with E-state index < -0.39 is 6.17 Å². The molecule has 0 saturated carbocycles. The molecule has 1 saturated heterocycles. The van der Waals surface area contributed by atoms with E-state index in [1.54, 1.807) is 24.1 Å². The van der Waals surface area contributed by atoms with Gasteiger partial charge in [-0.2, -0.15) is 5.10 Å². The fourth-order valence-electron chi connectivity index (χ4n) is 2.32. The first-order valence-corrected chi connectivity index (χ1v) is 6.18. The fourth-order valence-corrected chi connectivity index (χ4v) is 2.32. The molecule has 0 aliphatic carbocycles. The van der Waals surface area contributed by atoms with Gasteiger partial charge in [0.15, 0.2) is 0 Å². The molecule has 2 heterocycles. The summed E-state index contributed by atoms with van der Waals surface area (Å²) in [5, 5.41) is 7.41. The molecule has 1 unspecified atom stereocenters. The van der Waals surface area contributed by atoms with Crippen LogP contribution in [0.25, 0.3) is 0 Å². The van der Waals surface area contributed by atoms with Gasteiger partial charge >= 0.3 is 0 Å². The Morgan fingerprint density at radius 2 is 2.35 bits per heavy atom. The molecular weight excluding hydrogens is 221 g/mol. The lowest BCUT2D eigenvalue weighted by Crippen LogP contribution is -2.30. The molecule has 1 aliphatic rings. The summed E-state index contributed by atoms with van der Waals surface area (Å²) in [5.74, 6) is 0.120. The summed E-state index contributed by atoms with van der Waals surface area (Å²) in [6, 6.07) is 1.78. The number of alkyl halides is 1. The van der Waals surface area contributed by atoms with Crippen molar-refractivity contribution in [2.24, 2.45) is 5.92 Å². The molecular formula is C12H20FN3O. The molecule has 17 heavy (non-hydrogen) atoms. The maximum atomic E-state index is 14.4. The second-order valence-corrected chi connectivity index (χ2v) is 4.46. The Balaban J connectivity index is 2.01. The minimum Gasteiger partial charge on any atom is -0.383 e. The number of hydrogen-bond acceptors (Lipinski definition) is 3. The zero-order valence-electron chi connectivity index (χ0n) is 10.2. The molecule has 96 valence electrons. The molecule has 0 bridgehead atoms. The molecule has 0 radical (unpaired) electrons. The predicted octanol–water partition coefficient (Wildman–Crippen LogP) is 1.54. The third-order valence-electron chi connectivity index (χ3n) is 3.34. The molecule has 2 rings (SSSR count). The lowest BCUT2D eigenvalue weighted by molar-refractivity contribution is 0.161. The third-order valence-corrected chi connectivity index (χ3v) is 3.34. The number of aromatic nitrogens is 2. The number of hydrogen-bond donors (Lipinski definition) is 1. The number of methoxy groups -OCH3 is 1. The van der Waals surface area contributed by atoms with Crippen molar-refractivity contribution in [1.82, 2.24) is 15.1 Å². The largest absolute Gasteiger partial charge is 0.383 e. The Bertz CT molecular complexity index is 336. The van der Waals surface area contributed by atoms with E-state index in [0.29, 0.717) is 18.8 Å². The number of ether oxygens (including phenoxy) is 1. The zero-order valence-corrected chi connectivity index (χ0v) is 10.2. The van der Waals surface area contributed by atoms with Crippen molar-refractivity contribution in [3.8, 4) is 0 Å². The first-order chi connectivity index (χ1) is 8.33. The number of piperidine rings is 1. The number of halogens is 1. The van der Waals surface area contributed by atoms with Gasteiger partial charge in [-0.3, -0.25) is 4.68 Å². The number of nitrogens with one attached hydrogen (secondary N) is 1. The SMILES string of the molecule is COCCn1nccc1C(F)C1CCNCC1. The van der Waals surface area contributed by atoms with Gasteiger partial charge in [-0.1, -0.05) is 0 Å². The van der Waals surface area contributed by atoms with Crippen LogP contribution in [-0.4, -0.2) is 36.6 Å². The van der Waals surface area contributed by atoms with Crippen LogP contribution in [0.3, 0.4) is 0 Å². The highest BCUT2D eigenvalue weighted by molar-refractivity contribution is 5.06. The van der Waals surface area contributed by atoms with Gasteiger partial charge < -0.3 is 10.1 Å². The second kappa shape index (κ2) is 6.12. The molecule has 0 aromatic carbocycles. The van der Waals surface area contributed by atoms with Crippen LogP contribution in [0.5, 0.6) is 0 Å². The minimum absolute atomic E-state index is 0.120. The lowest BCUT2D eigenvalue weighted by Gasteiger charge is -2.26. The lowest BCUT2D eigenvalue weighted by atomic mass is 9.91. The van der Waals surface area contributed by atoms with E-state index in [4.69, 9.17) is 4.74 Å². The van der Waals surface area contributed by atoms with E-state index in [2.05, 4.69) is 10.4 Å². The zero-order chi connectivity index (χ0) is 12.1. The molecule has 4 nitrogen and oxygen atoms in total. The molecule has 1 fully saturated rings. The second-order valence-electron chi connectivity index (χ2n) is 4.46. The first kappa shape index (κ1) is 12.5. The van der Waals surface area contributed by atoms with E-state index in [0.717, 1.165) is 25.9 Å². The van der Waals surface area contributed by atoms with Crippen molar-refractivity contribution in [3.05, 3.63) is 18.0 Å². The maximum Gasteiger partial charge on any atom is 0.144 e. The van der Waals surface area contributed by atoms with E-state index in [1.165, 1.54) is 0 Å². The van der Waals surface area contributed by atoms with Crippen LogP contribution in [0, 0.1) is 5.92 Å². The van der Waals surface area contributed by atoms with Crippen molar-refractivity contribution in [2.45, 2.75) is 25.6 Å². The summed E-state index contributed by atoms with van der Waals surface area (Å²) in [7, 11) is 1.64. The highest BCUT2D eigenvalue weighted by Crippen LogP contribution is 2.31. The van der Waals surface area contributed by atoms with Gasteiger partial charge in [0.2, 0.25) is 0 Å². The molecule has 5 heteroatoms. The summed E-state index contributed by atoms with van der Waals surface area (Å²) in [6.45, 7) is 3.01. The van der Waals surface area contributed by atoms with E-state index in [-0.39, 0.29) is 5.92 Å². The van der Waals surface area contributed by atoms with Crippen molar-refractivity contribution >= 4 is 0 Å². The van der Waals surface area contributed by atoms with Crippen LogP contribution in [-0.2, 0) is 11.3 Å². The van der Waals surface area contributed by atoms with Crippen LogP contribution in [0.2, 0.25) is 0 Å². The highest BCUT2D eigenvalue weighted by Gasteiger charge is 2.27. The third kappa shape index (κ3) is 3.04. The van der Waals surface area contributed by atoms with Crippen LogP contribution in [0.4, 0.5) is 4.39 Å². The standard InChI is InChI=1S/C12H20FN3O/c1-17-9-8-16-11(4-7-15-16)12(13)10-2-5-14-6-3-10/h4,7,10,12,14H,2-3,5-6,8-9H2,1H3. The Labute approximate surface area is 101 Å². The van der Waals surface area contributed by atoms with Crippen molar-refractivity contribution in [2.75, 3.05) is 26.8 Å². The van der Waals surface area contributed by atoms with Crippen molar-refractivity contribution < 1.29 is 9.13 Å². The van der Waals surface area contributed by atoms with Gasteiger partial charge in [0.1, 0.15) is 6.17 Å². The highest BCUT2D eigenvalue weighted by atomic mass is 19.1. The summed E-state index contributed by atoms with van der Waals surface area (Å²) < 4.78 is 21.1. The summed E-state index contributed by atoms with van der Waals surface area (Å²) in [6.07, 6.45) is 2.56. The Morgan fingerprint density at radius 3 is 3.06 bits per heavy atom. The van der Waals surface area contributed by atoms with Crippen LogP contribution < -0.4 is 5.32 Å². The van der Waals surface area contributed by atoms with E-state index in [1.807, 2.05) is 0 Å². The average molecular weight is 241 g/mol. The van der Waals surface area contributed by atoms with Gasteiger partial charge in [0.05, 0.1) is 18.8 Å².